The standard InChI is InChI=1S/C22H16ClF3N2O3S/c23-16-5-3-6-17(20(16)24)28-21(30)15-4-1-2-7-18(15)31-12-19(29)27-13-8-10-14(11-9-13)32-22(25)26/h1-11,22H,12H2,(H,27,29)(H,28,30). The van der Waals surface area contributed by atoms with Crippen LogP contribution < -0.4 is 15.4 Å². The van der Waals surface area contributed by atoms with Crippen LogP contribution in [0.2, 0.25) is 5.02 Å². The molecule has 2 N–H and O–H groups in total. The zero-order chi connectivity index (χ0) is 23.1. The number of carbonyl (C=O) groups excluding carboxylic acids is 2. The van der Waals surface area contributed by atoms with Crippen molar-refractivity contribution in [3.8, 4) is 5.75 Å². The number of halogens is 4. The molecule has 0 spiro atoms. The van der Waals surface area contributed by atoms with E-state index in [9.17, 15) is 22.8 Å². The Morgan fingerprint density at radius 3 is 2.41 bits per heavy atom. The summed E-state index contributed by atoms with van der Waals surface area (Å²) in [5.74, 6) is -4.34. The second-order valence-electron chi connectivity index (χ2n) is 6.29. The molecule has 0 saturated heterocycles. The monoisotopic (exact) mass is 480 g/mol. The first-order chi connectivity index (χ1) is 15.3. The summed E-state index contributed by atoms with van der Waals surface area (Å²) in [5.41, 5.74) is 0.399. The highest BCUT2D eigenvalue weighted by molar-refractivity contribution is 7.99. The van der Waals surface area contributed by atoms with Gasteiger partial charge in [0.2, 0.25) is 0 Å². The number of alkyl halides is 2. The first kappa shape index (κ1) is 23.5. The molecule has 32 heavy (non-hydrogen) atoms. The van der Waals surface area contributed by atoms with Crippen LogP contribution in [-0.4, -0.2) is 24.2 Å². The number of thioether (sulfide) groups is 1. The number of amides is 2. The van der Waals surface area contributed by atoms with Gasteiger partial charge in [-0.1, -0.05) is 41.6 Å². The molecule has 3 aromatic rings. The van der Waals surface area contributed by atoms with Gasteiger partial charge < -0.3 is 15.4 Å². The average molecular weight is 481 g/mol. The molecule has 0 aliphatic rings. The van der Waals surface area contributed by atoms with Crippen LogP contribution in [-0.2, 0) is 4.79 Å². The number of rotatable bonds is 8. The summed E-state index contributed by atoms with van der Waals surface area (Å²) in [4.78, 5) is 25.1. The maximum atomic E-state index is 14.1. The predicted octanol–water partition coefficient (Wildman–Crippen LogP) is 6.06. The van der Waals surface area contributed by atoms with Crippen molar-refractivity contribution in [2.75, 3.05) is 17.2 Å². The maximum absolute atomic E-state index is 14.1. The van der Waals surface area contributed by atoms with Crippen molar-refractivity contribution in [2.24, 2.45) is 0 Å². The van der Waals surface area contributed by atoms with E-state index in [0.717, 1.165) is 0 Å². The molecule has 166 valence electrons. The molecule has 0 bridgehead atoms. The fourth-order valence-corrected chi connectivity index (χ4v) is 3.30. The molecular formula is C22H16ClF3N2O3S. The molecule has 3 aromatic carbocycles. The van der Waals surface area contributed by atoms with Crippen LogP contribution in [0.15, 0.2) is 71.6 Å². The maximum Gasteiger partial charge on any atom is 0.288 e. The minimum Gasteiger partial charge on any atom is -0.483 e. The molecule has 3 rings (SSSR count). The first-order valence-corrected chi connectivity index (χ1v) is 10.4. The van der Waals surface area contributed by atoms with Gasteiger partial charge in [0.15, 0.2) is 12.4 Å². The van der Waals surface area contributed by atoms with Crippen LogP contribution in [0.3, 0.4) is 0 Å². The third-order valence-electron chi connectivity index (χ3n) is 4.05. The van der Waals surface area contributed by atoms with E-state index in [1.807, 2.05) is 0 Å². The highest BCUT2D eigenvalue weighted by Gasteiger charge is 2.16. The van der Waals surface area contributed by atoms with Crippen molar-refractivity contribution in [1.82, 2.24) is 0 Å². The number of anilines is 2. The minimum atomic E-state index is -2.53. The van der Waals surface area contributed by atoms with Crippen molar-refractivity contribution < 1.29 is 27.5 Å². The lowest BCUT2D eigenvalue weighted by molar-refractivity contribution is -0.118. The van der Waals surface area contributed by atoms with Gasteiger partial charge in [0.1, 0.15) is 5.75 Å². The highest BCUT2D eigenvalue weighted by atomic mass is 35.5. The predicted molar refractivity (Wildman–Crippen MR) is 118 cm³/mol. The van der Waals surface area contributed by atoms with Crippen LogP contribution in [0, 0.1) is 5.82 Å². The van der Waals surface area contributed by atoms with Crippen molar-refractivity contribution in [1.29, 1.82) is 0 Å². The molecule has 5 nitrogen and oxygen atoms in total. The van der Waals surface area contributed by atoms with E-state index in [4.69, 9.17) is 16.3 Å². The van der Waals surface area contributed by atoms with E-state index in [2.05, 4.69) is 10.6 Å². The number of ether oxygens (including phenoxy) is 1. The normalized spacial score (nSPS) is 10.7. The zero-order valence-electron chi connectivity index (χ0n) is 16.3. The third kappa shape index (κ3) is 6.41. The number of hydrogen-bond acceptors (Lipinski definition) is 4. The van der Waals surface area contributed by atoms with Gasteiger partial charge in [0.05, 0.1) is 16.3 Å². The molecule has 0 aliphatic heterocycles. The van der Waals surface area contributed by atoms with Gasteiger partial charge in [-0.2, -0.15) is 8.78 Å². The van der Waals surface area contributed by atoms with Gasteiger partial charge in [0.25, 0.3) is 17.6 Å². The molecule has 0 saturated carbocycles. The summed E-state index contributed by atoms with van der Waals surface area (Å²) in [6, 6.07) is 16.3. The van der Waals surface area contributed by atoms with E-state index in [1.165, 1.54) is 54.6 Å². The second-order valence-corrected chi connectivity index (χ2v) is 7.76. The molecule has 10 heteroatoms. The van der Waals surface area contributed by atoms with Gasteiger partial charge in [0, 0.05) is 10.6 Å². The van der Waals surface area contributed by atoms with E-state index in [1.54, 1.807) is 12.1 Å². The van der Waals surface area contributed by atoms with Crippen LogP contribution >= 0.6 is 23.4 Å². The number of hydrogen-bond donors (Lipinski definition) is 2. The Balaban J connectivity index is 1.61. The number of para-hydroxylation sites is 1. The molecule has 2 amide bonds. The molecule has 0 radical (unpaired) electrons. The van der Waals surface area contributed by atoms with Gasteiger partial charge in [-0.15, -0.1) is 0 Å². The highest BCUT2D eigenvalue weighted by Crippen LogP contribution is 2.27. The zero-order valence-corrected chi connectivity index (χ0v) is 17.9. The van der Waals surface area contributed by atoms with Gasteiger partial charge in [-0.05, 0) is 48.5 Å². The smallest absolute Gasteiger partial charge is 0.288 e. The summed E-state index contributed by atoms with van der Waals surface area (Å²) in [5, 5.41) is 4.85. The largest absolute Gasteiger partial charge is 0.483 e. The van der Waals surface area contributed by atoms with E-state index < -0.39 is 30.0 Å². The lowest BCUT2D eigenvalue weighted by Crippen LogP contribution is -2.21. The number of benzene rings is 3. The van der Waals surface area contributed by atoms with Crippen molar-refractivity contribution in [3.63, 3.8) is 0 Å². The van der Waals surface area contributed by atoms with E-state index in [0.29, 0.717) is 22.3 Å². The van der Waals surface area contributed by atoms with Gasteiger partial charge in [-0.25, -0.2) is 4.39 Å². The lowest BCUT2D eigenvalue weighted by atomic mass is 10.2. The van der Waals surface area contributed by atoms with Crippen molar-refractivity contribution >= 4 is 46.6 Å². The molecule has 0 atom stereocenters. The van der Waals surface area contributed by atoms with E-state index >= 15 is 0 Å². The van der Waals surface area contributed by atoms with Crippen LogP contribution in [0.5, 0.6) is 5.75 Å². The van der Waals surface area contributed by atoms with Gasteiger partial charge >= 0.3 is 0 Å². The van der Waals surface area contributed by atoms with Crippen LogP contribution in [0.4, 0.5) is 24.5 Å². The Morgan fingerprint density at radius 2 is 1.69 bits per heavy atom. The lowest BCUT2D eigenvalue weighted by Gasteiger charge is -2.12. The molecule has 0 aromatic heterocycles. The Labute approximate surface area is 190 Å². The number of carbonyl (C=O) groups is 2. The summed E-state index contributed by atoms with van der Waals surface area (Å²) >= 11 is 6.13. The first-order valence-electron chi connectivity index (χ1n) is 9.15. The topological polar surface area (TPSA) is 67.4 Å². The third-order valence-corrected chi connectivity index (χ3v) is 5.07. The van der Waals surface area contributed by atoms with E-state index in [-0.39, 0.29) is 22.0 Å². The Kier molecular flexibility index (Phi) is 8.02. The SMILES string of the molecule is O=C(COc1ccccc1C(=O)Nc1cccc(Cl)c1F)Nc1ccc(SC(F)F)cc1. The molecule has 0 aliphatic carbocycles. The molecular weight excluding hydrogens is 465 g/mol. The molecule has 0 heterocycles. The van der Waals surface area contributed by atoms with Crippen molar-refractivity contribution in [2.45, 2.75) is 10.7 Å². The Bertz CT molecular complexity index is 1110. The molecule has 0 fully saturated rings. The number of nitrogens with one attached hydrogen (secondary N) is 2. The van der Waals surface area contributed by atoms with Gasteiger partial charge in [-0.3, -0.25) is 9.59 Å². The summed E-state index contributed by atoms with van der Waals surface area (Å²) in [7, 11) is 0. The van der Waals surface area contributed by atoms with Crippen LogP contribution in [0.1, 0.15) is 10.4 Å². The summed E-state index contributed by atoms with van der Waals surface area (Å²) in [6.07, 6.45) is 0. The fraction of sp³-hybridized carbons (Fsp3) is 0.0909. The summed E-state index contributed by atoms with van der Waals surface area (Å²) < 4.78 is 44.3. The summed E-state index contributed by atoms with van der Waals surface area (Å²) in [6.45, 7) is -0.413. The minimum absolute atomic E-state index is 0.0908. The Hall–Kier alpha value is -3.17. The Morgan fingerprint density at radius 1 is 0.969 bits per heavy atom. The molecule has 0 unspecified atom stereocenters. The average Bonchev–Trinajstić information content (AvgIpc) is 2.76. The fourth-order valence-electron chi connectivity index (χ4n) is 2.63. The van der Waals surface area contributed by atoms with Crippen molar-refractivity contribution in [3.05, 3.63) is 83.1 Å². The van der Waals surface area contributed by atoms with Crippen LogP contribution in [0.25, 0.3) is 0 Å². The quantitative estimate of drug-likeness (QED) is 0.384. The second kappa shape index (κ2) is 10.9.